The first kappa shape index (κ1) is 9.51. The van der Waals surface area contributed by atoms with Crippen molar-refractivity contribution in [3.63, 3.8) is 0 Å². The third-order valence-corrected chi connectivity index (χ3v) is 4.69. The van der Waals surface area contributed by atoms with Gasteiger partial charge >= 0.3 is 0 Å². The van der Waals surface area contributed by atoms with Crippen LogP contribution in [0.15, 0.2) is 0 Å². The second-order valence-electron chi connectivity index (χ2n) is 5.59. The van der Waals surface area contributed by atoms with Crippen LogP contribution >= 0.6 is 0 Å². The van der Waals surface area contributed by atoms with Crippen molar-refractivity contribution in [1.29, 1.82) is 0 Å². The molecular weight excluding hydrogens is 160 g/mol. The largest absolute Gasteiger partial charge is 0.390 e. The van der Waals surface area contributed by atoms with Crippen LogP contribution in [0.5, 0.6) is 0 Å². The van der Waals surface area contributed by atoms with Gasteiger partial charge in [0.25, 0.3) is 0 Å². The fourth-order valence-electron chi connectivity index (χ4n) is 3.41. The van der Waals surface area contributed by atoms with E-state index in [-0.39, 0.29) is 5.60 Å². The molecule has 1 nitrogen and oxygen atoms in total. The van der Waals surface area contributed by atoms with E-state index in [1.54, 1.807) is 0 Å². The molecule has 1 heteroatoms. The molecule has 1 unspecified atom stereocenters. The maximum atomic E-state index is 10.4. The topological polar surface area (TPSA) is 20.2 Å². The average Bonchev–Trinajstić information content (AvgIpc) is 2.34. The van der Waals surface area contributed by atoms with Crippen molar-refractivity contribution in [3.8, 4) is 0 Å². The van der Waals surface area contributed by atoms with E-state index < -0.39 is 0 Å². The third kappa shape index (κ3) is 1.41. The Bertz CT molecular complexity index is 187. The van der Waals surface area contributed by atoms with Crippen LogP contribution in [0.3, 0.4) is 0 Å². The van der Waals surface area contributed by atoms with Crippen molar-refractivity contribution in [2.24, 2.45) is 11.3 Å². The summed E-state index contributed by atoms with van der Waals surface area (Å²) in [6.45, 7) is 4.41. The summed E-state index contributed by atoms with van der Waals surface area (Å²) in [6, 6.07) is 0. The van der Waals surface area contributed by atoms with E-state index in [1.165, 1.54) is 38.5 Å². The second kappa shape index (κ2) is 2.98. The maximum absolute atomic E-state index is 10.4. The zero-order chi connectivity index (χ0) is 9.53. The molecule has 2 aliphatic carbocycles. The van der Waals surface area contributed by atoms with E-state index in [0.29, 0.717) is 5.41 Å². The summed E-state index contributed by atoms with van der Waals surface area (Å²) in [5, 5.41) is 10.4. The lowest BCUT2D eigenvalue weighted by molar-refractivity contribution is -0.0712. The van der Waals surface area contributed by atoms with E-state index >= 15 is 0 Å². The van der Waals surface area contributed by atoms with Crippen LogP contribution < -0.4 is 0 Å². The van der Waals surface area contributed by atoms with Crippen molar-refractivity contribution in [3.05, 3.63) is 0 Å². The van der Waals surface area contributed by atoms with Crippen LogP contribution in [0.1, 0.15) is 58.8 Å². The maximum Gasteiger partial charge on any atom is 0.0675 e. The lowest BCUT2D eigenvalue weighted by Gasteiger charge is -2.44. The second-order valence-corrected chi connectivity index (χ2v) is 5.59. The van der Waals surface area contributed by atoms with Crippen LogP contribution in [0, 0.1) is 11.3 Å². The van der Waals surface area contributed by atoms with Crippen molar-refractivity contribution >= 4 is 0 Å². The van der Waals surface area contributed by atoms with Gasteiger partial charge in [-0.15, -0.1) is 0 Å². The highest BCUT2D eigenvalue weighted by atomic mass is 16.3. The predicted octanol–water partition coefficient (Wildman–Crippen LogP) is 3.12. The van der Waals surface area contributed by atoms with Gasteiger partial charge < -0.3 is 5.11 Å². The van der Waals surface area contributed by atoms with Gasteiger partial charge in [-0.2, -0.15) is 0 Å². The third-order valence-electron chi connectivity index (χ3n) is 4.69. The molecule has 13 heavy (non-hydrogen) atoms. The van der Waals surface area contributed by atoms with Gasteiger partial charge in [-0.3, -0.25) is 0 Å². The molecular formula is C12H22O. The molecule has 0 saturated heterocycles. The van der Waals surface area contributed by atoms with Gasteiger partial charge in [0, 0.05) is 0 Å². The van der Waals surface area contributed by atoms with E-state index in [0.717, 1.165) is 12.3 Å². The minimum Gasteiger partial charge on any atom is -0.390 e. The van der Waals surface area contributed by atoms with E-state index in [1.807, 2.05) is 0 Å². The summed E-state index contributed by atoms with van der Waals surface area (Å²) in [4.78, 5) is 0. The highest BCUT2D eigenvalue weighted by Gasteiger charge is 2.51. The molecule has 0 radical (unpaired) electrons. The fraction of sp³-hybridized carbons (Fsp3) is 1.00. The Hall–Kier alpha value is -0.0400. The molecule has 0 amide bonds. The first-order chi connectivity index (χ1) is 6.06. The average molecular weight is 182 g/mol. The van der Waals surface area contributed by atoms with Gasteiger partial charge in [-0.25, -0.2) is 0 Å². The Morgan fingerprint density at radius 3 is 2.15 bits per heavy atom. The summed E-state index contributed by atoms with van der Waals surface area (Å²) >= 11 is 0. The molecule has 0 aliphatic heterocycles. The van der Waals surface area contributed by atoms with Crippen molar-refractivity contribution in [1.82, 2.24) is 0 Å². The molecule has 1 N–H and O–H groups in total. The van der Waals surface area contributed by atoms with Crippen LogP contribution in [-0.4, -0.2) is 10.7 Å². The van der Waals surface area contributed by atoms with E-state index in [9.17, 15) is 5.11 Å². The number of rotatable bonds is 0. The molecule has 1 spiro atoms. The Morgan fingerprint density at radius 2 is 1.69 bits per heavy atom. The fourth-order valence-corrected chi connectivity index (χ4v) is 3.41. The normalized spacial score (nSPS) is 51.5. The molecule has 2 fully saturated rings. The Kier molecular flexibility index (Phi) is 2.18. The quantitative estimate of drug-likeness (QED) is 0.610. The van der Waals surface area contributed by atoms with E-state index in [2.05, 4.69) is 13.8 Å². The molecule has 2 rings (SSSR count). The Labute approximate surface area is 81.5 Å². The van der Waals surface area contributed by atoms with Crippen LogP contribution in [0.2, 0.25) is 0 Å². The summed E-state index contributed by atoms with van der Waals surface area (Å²) in [5.41, 5.74) is -0.0490. The predicted molar refractivity (Wildman–Crippen MR) is 54.5 cm³/mol. The minimum absolute atomic E-state index is 0.305. The van der Waals surface area contributed by atoms with Crippen molar-refractivity contribution in [2.45, 2.75) is 64.4 Å². The lowest BCUT2D eigenvalue weighted by atomic mass is 9.64. The van der Waals surface area contributed by atoms with Gasteiger partial charge in [0.1, 0.15) is 0 Å². The Balaban J connectivity index is 2.12. The van der Waals surface area contributed by atoms with E-state index in [4.69, 9.17) is 0 Å². The smallest absolute Gasteiger partial charge is 0.0675 e. The van der Waals surface area contributed by atoms with Gasteiger partial charge in [-0.05, 0) is 50.4 Å². The summed E-state index contributed by atoms with van der Waals surface area (Å²) < 4.78 is 0. The first-order valence-corrected chi connectivity index (χ1v) is 5.78. The number of hydrogen-bond acceptors (Lipinski definition) is 1. The van der Waals surface area contributed by atoms with Crippen molar-refractivity contribution in [2.75, 3.05) is 0 Å². The summed E-state index contributed by atoms with van der Waals surface area (Å²) in [7, 11) is 0. The molecule has 0 aromatic heterocycles. The minimum atomic E-state index is -0.354. The van der Waals surface area contributed by atoms with Crippen molar-refractivity contribution < 1.29 is 5.11 Å². The molecule has 1 atom stereocenters. The summed E-state index contributed by atoms with van der Waals surface area (Å²) in [6.07, 6.45) is 8.73. The zero-order valence-electron chi connectivity index (χ0n) is 8.97. The standard InChI is InChI=1S/C12H22O/c1-10-4-8-12(9-5-10)7-3-6-11(12,2)13/h10,13H,3-9H2,1-2H3. The molecule has 0 heterocycles. The number of aliphatic hydroxyl groups is 1. The van der Waals surface area contributed by atoms with Gasteiger partial charge in [-0.1, -0.05) is 19.8 Å². The lowest BCUT2D eigenvalue weighted by Crippen LogP contribution is -2.43. The molecule has 0 aromatic carbocycles. The monoisotopic (exact) mass is 182 g/mol. The SMILES string of the molecule is CC1CCC2(CCCC2(C)O)CC1. The highest BCUT2D eigenvalue weighted by molar-refractivity contribution is 5.02. The molecule has 76 valence electrons. The molecule has 0 aromatic rings. The van der Waals surface area contributed by atoms with Crippen LogP contribution in [0.4, 0.5) is 0 Å². The molecule has 0 bridgehead atoms. The van der Waals surface area contributed by atoms with Gasteiger partial charge in [0.05, 0.1) is 5.60 Å². The molecule has 2 aliphatic rings. The molecule has 2 saturated carbocycles. The summed E-state index contributed by atoms with van der Waals surface area (Å²) in [5.74, 6) is 0.891. The first-order valence-electron chi connectivity index (χ1n) is 5.78. The van der Waals surface area contributed by atoms with Crippen LogP contribution in [0.25, 0.3) is 0 Å². The van der Waals surface area contributed by atoms with Crippen LogP contribution in [-0.2, 0) is 0 Å². The Morgan fingerprint density at radius 1 is 1.08 bits per heavy atom. The highest BCUT2D eigenvalue weighted by Crippen LogP contribution is 2.55. The number of hydrogen-bond donors (Lipinski definition) is 1. The zero-order valence-corrected chi connectivity index (χ0v) is 8.97. The van der Waals surface area contributed by atoms with Gasteiger partial charge in [0.15, 0.2) is 0 Å². The van der Waals surface area contributed by atoms with Gasteiger partial charge in [0.2, 0.25) is 0 Å².